The Kier molecular flexibility index (Phi) is 4.74. The van der Waals surface area contributed by atoms with Gasteiger partial charge in [-0.05, 0) is 41.9 Å². The van der Waals surface area contributed by atoms with Gasteiger partial charge in [0.2, 0.25) is 0 Å². The van der Waals surface area contributed by atoms with Crippen LogP contribution in [0, 0.1) is 6.92 Å². The second kappa shape index (κ2) is 6.52. The van der Waals surface area contributed by atoms with Gasteiger partial charge in [0.15, 0.2) is 0 Å². The second-order valence-corrected chi connectivity index (χ2v) is 5.08. The maximum atomic E-state index is 5.69. The van der Waals surface area contributed by atoms with E-state index in [-0.39, 0.29) is 6.04 Å². The van der Waals surface area contributed by atoms with Crippen molar-refractivity contribution in [3.63, 3.8) is 0 Å². The second-order valence-electron chi connectivity index (χ2n) is 4.29. The number of anilines is 1. The lowest BCUT2D eigenvalue weighted by molar-refractivity contribution is 0.303. The van der Waals surface area contributed by atoms with Crippen LogP contribution in [-0.4, -0.2) is 22.6 Å². The summed E-state index contributed by atoms with van der Waals surface area (Å²) in [6.45, 7) is 4.55. The number of benzene rings is 1. The van der Waals surface area contributed by atoms with E-state index in [1.54, 1.807) is 6.33 Å². The van der Waals surface area contributed by atoms with Crippen LogP contribution in [0.5, 0.6) is 5.75 Å². The number of nitrogens with zero attached hydrogens (tertiary/aromatic N) is 2. The number of halogens is 1. The van der Waals surface area contributed by atoms with Crippen LogP contribution in [-0.2, 0) is 0 Å². The third-order valence-corrected chi connectivity index (χ3v) is 3.54. The van der Waals surface area contributed by atoms with Gasteiger partial charge in [0, 0.05) is 0 Å². The van der Waals surface area contributed by atoms with Gasteiger partial charge in [-0.2, -0.15) is 0 Å². The third-order valence-electron chi connectivity index (χ3n) is 2.59. The highest BCUT2D eigenvalue weighted by atomic mass is 79.9. The van der Waals surface area contributed by atoms with Gasteiger partial charge in [-0.15, -0.1) is 0 Å². The molecule has 0 aliphatic rings. The minimum atomic E-state index is 0.144. The summed E-state index contributed by atoms with van der Waals surface area (Å²) in [6.07, 6.45) is 1.55. The Morgan fingerprint density at radius 3 is 2.74 bits per heavy atom. The van der Waals surface area contributed by atoms with Crippen molar-refractivity contribution in [3.05, 3.63) is 46.8 Å². The summed E-state index contributed by atoms with van der Waals surface area (Å²) >= 11 is 3.48. The zero-order valence-corrected chi connectivity index (χ0v) is 12.5. The zero-order valence-electron chi connectivity index (χ0n) is 10.9. The standard InChI is InChI=1S/C14H16BrN3O/c1-10(8-19-12-6-4-3-5-7-12)18-14-13(15)11(2)16-9-17-14/h3-7,9-10H,8H2,1-2H3,(H,16,17,18). The van der Waals surface area contributed by atoms with E-state index in [4.69, 9.17) is 4.74 Å². The smallest absolute Gasteiger partial charge is 0.144 e. The van der Waals surface area contributed by atoms with Crippen molar-refractivity contribution in [2.75, 3.05) is 11.9 Å². The zero-order chi connectivity index (χ0) is 13.7. The van der Waals surface area contributed by atoms with Gasteiger partial charge in [0.05, 0.1) is 16.2 Å². The lowest BCUT2D eigenvalue weighted by Gasteiger charge is -2.16. The summed E-state index contributed by atoms with van der Waals surface area (Å²) in [5, 5.41) is 3.30. The highest BCUT2D eigenvalue weighted by molar-refractivity contribution is 9.10. The SMILES string of the molecule is Cc1ncnc(NC(C)COc2ccccc2)c1Br. The number of nitrogens with one attached hydrogen (secondary N) is 1. The van der Waals surface area contributed by atoms with Crippen LogP contribution in [0.25, 0.3) is 0 Å². The lowest BCUT2D eigenvalue weighted by Crippen LogP contribution is -2.24. The van der Waals surface area contributed by atoms with Crippen molar-refractivity contribution in [1.82, 2.24) is 9.97 Å². The molecule has 1 atom stereocenters. The molecule has 0 amide bonds. The molecule has 100 valence electrons. The molecule has 1 aromatic carbocycles. The van der Waals surface area contributed by atoms with Crippen LogP contribution in [0.1, 0.15) is 12.6 Å². The molecule has 0 bridgehead atoms. The van der Waals surface area contributed by atoms with Crippen molar-refractivity contribution in [2.24, 2.45) is 0 Å². The van der Waals surface area contributed by atoms with Gasteiger partial charge in [0.1, 0.15) is 24.5 Å². The fraction of sp³-hybridized carbons (Fsp3) is 0.286. The maximum absolute atomic E-state index is 5.69. The quantitative estimate of drug-likeness (QED) is 0.916. The van der Waals surface area contributed by atoms with E-state index in [1.165, 1.54) is 0 Å². The Bertz CT molecular complexity index is 533. The average molecular weight is 322 g/mol. The van der Waals surface area contributed by atoms with Crippen molar-refractivity contribution < 1.29 is 4.74 Å². The molecule has 0 aliphatic carbocycles. The molecule has 0 radical (unpaired) electrons. The summed E-state index contributed by atoms with van der Waals surface area (Å²) in [5.41, 5.74) is 0.911. The lowest BCUT2D eigenvalue weighted by atomic mass is 10.3. The molecule has 0 aliphatic heterocycles. The van der Waals surface area contributed by atoms with Crippen LogP contribution >= 0.6 is 15.9 Å². The number of aromatic nitrogens is 2. The topological polar surface area (TPSA) is 47.0 Å². The molecule has 0 fully saturated rings. The molecule has 4 nitrogen and oxygen atoms in total. The maximum Gasteiger partial charge on any atom is 0.144 e. The van der Waals surface area contributed by atoms with E-state index >= 15 is 0 Å². The summed E-state index contributed by atoms with van der Waals surface area (Å²) in [5.74, 6) is 1.66. The average Bonchev–Trinajstić information content (AvgIpc) is 2.43. The molecule has 0 saturated carbocycles. The van der Waals surface area contributed by atoms with Crippen LogP contribution in [0.4, 0.5) is 5.82 Å². The molecule has 1 unspecified atom stereocenters. The van der Waals surface area contributed by atoms with E-state index in [2.05, 4.69) is 31.2 Å². The third kappa shape index (κ3) is 3.92. The molecule has 2 rings (SSSR count). The van der Waals surface area contributed by atoms with Gasteiger partial charge in [0.25, 0.3) is 0 Å². The normalized spacial score (nSPS) is 11.9. The van der Waals surface area contributed by atoms with Crippen LogP contribution in [0.15, 0.2) is 41.1 Å². The van der Waals surface area contributed by atoms with Crippen molar-refractivity contribution in [1.29, 1.82) is 0 Å². The molecule has 2 aromatic rings. The first kappa shape index (κ1) is 13.8. The highest BCUT2D eigenvalue weighted by Crippen LogP contribution is 2.22. The van der Waals surface area contributed by atoms with E-state index < -0.39 is 0 Å². The minimum absolute atomic E-state index is 0.144. The molecule has 0 saturated heterocycles. The van der Waals surface area contributed by atoms with Gasteiger partial charge in [-0.3, -0.25) is 0 Å². The molecule has 1 heterocycles. The fourth-order valence-corrected chi connectivity index (χ4v) is 1.89. The van der Waals surface area contributed by atoms with Gasteiger partial charge >= 0.3 is 0 Å². The minimum Gasteiger partial charge on any atom is -0.491 e. The molecule has 1 aromatic heterocycles. The highest BCUT2D eigenvalue weighted by Gasteiger charge is 2.09. The molecule has 1 N–H and O–H groups in total. The van der Waals surface area contributed by atoms with E-state index in [1.807, 2.05) is 44.2 Å². The van der Waals surface area contributed by atoms with Gasteiger partial charge in [-0.1, -0.05) is 18.2 Å². The number of hydrogen-bond acceptors (Lipinski definition) is 4. The Balaban J connectivity index is 1.91. The van der Waals surface area contributed by atoms with E-state index in [0.29, 0.717) is 6.61 Å². The summed E-state index contributed by atoms with van der Waals surface area (Å²) in [4.78, 5) is 8.32. The Labute approximate surface area is 121 Å². The van der Waals surface area contributed by atoms with Crippen LogP contribution in [0.3, 0.4) is 0 Å². The number of hydrogen-bond donors (Lipinski definition) is 1. The summed E-state index contributed by atoms with van der Waals surface area (Å²) in [6, 6.07) is 9.91. The number of rotatable bonds is 5. The monoisotopic (exact) mass is 321 g/mol. The van der Waals surface area contributed by atoms with E-state index in [0.717, 1.165) is 21.7 Å². The number of para-hydroxylation sites is 1. The number of ether oxygens (including phenoxy) is 1. The van der Waals surface area contributed by atoms with Crippen LogP contribution in [0.2, 0.25) is 0 Å². The largest absolute Gasteiger partial charge is 0.491 e. The Morgan fingerprint density at radius 2 is 2.00 bits per heavy atom. The van der Waals surface area contributed by atoms with Crippen molar-refractivity contribution in [3.8, 4) is 5.75 Å². The van der Waals surface area contributed by atoms with Crippen molar-refractivity contribution in [2.45, 2.75) is 19.9 Å². The Morgan fingerprint density at radius 1 is 1.26 bits per heavy atom. The first-order chi connectivity index (χ1) is 9.16. The molecular formula is C14H16BrN3O. The predicted molar refractivity (Wildman–Crippen MR) is 79.5 cm³/mol. The molecule has 0 spiro atoms. The number of aryl methyl sites for hydroxylation is 1. The van der Waals surface area contributed by atoms with Gasteiger partial charge in [-0.25, -0.2) is 9.97 Å². The molecular weight excluding hydrogens is 306 g/mol. The summed E-state index contributed by atoms with van der Waals surface area (Å²) in [7, 11) is 0. The first-order valence-electron chi connectivity index (χ1n) is 6.08. The Hall–Kier alpha value is -1.62. The van der Waals surface area contributed by atoms with Gasteiger partial charge < -0.3 is 10.1 Å². The summed E-state index contributed by atoms with van der Waals surface area (Å²) < 4.78 is 6.58. The molecule has 19 heavy (non-hydrogen) atoms. The van der Waals surface area contributed by atoms with E-state index in [9.17, 15) is 0 Å². The van der Waals surface area contributed by atoms with Crippen molar-refractivity contribution >= 4 is 21.7 Å². The predicted octanol–water partition coefficient (Wildman–Crippen LogP) is 3.43. The fourth-order valence-electron chi connectivity index (χ4n) is 1.57. The first-order valence-corrected chi connectivity index (χ1v) is 6.87. The van der Waals surface area contributed by atoms with Crippen LogP contribution < -0.4 is 10.1 Å². The molecule has 5 heteroatoms.